The molecule has 0 aliphatic heterocycles. The summed E-state index contributed by atoms with van der Waals surface area (Å²) < 4.78 is 5.07. The average Bonchev–Trinajstić information content (AvgIpc) is 3.01. The van der Waals surface area contributed by atoms with Gasteiger partial charge in [0.15, 0.2) is 0 Å². The Morgan fingerprint density at radius 1 is 1.35 bits per heavy atom. The maximum atomic E-state index is 11.8. The van der Waals surface area contributed by atoms with E-state index in [1.807, 2.05) is 6.07 Å². The number of amides is 1. The van der Waals surface area contributed by atoms with Crippen LogP contribution in [0.2, 0.25) is 0 Å². The molecule has 2 rings (SSSR count). The van der Waals surface area contributed by atoms with Gasteiger partial charge in [-0.1, -0.05) is 0 Å². The number of aliphatic hydroxyl groups excluding tert-OH is 1. The summed E-state index contributed by atoms with van der Waals surface area (Å²) in [4.78, 5) is 11.8. The lowest BCUT2D eigenvalue weighted by atomic mass is 10.1. The fourth-order valence-corrected chi connectivity index (χ4v) is 1.74. The Bertz CT molecular complexity index is 597. The van der Waals surface area contributed by atoms with E-state index in [-0.39, 0.29) is 5.91 Å². The van der Waals surface area contributed by atoms with Crippen LogP contribution in [0.3, 0.4) is 0 Å². The summed E-state index contributed by atoms with van der Waals surface area (Å²) in [6.45, 7) is 0.334. The molecule has 1 unspecified atom stereocenters. The number of furan rings is 1. The molecule has 5 nitrogen and oxygen atoms in total. The molecular weight excluding hydrogens is 256 g/mol. The lowest BCUT2D eigenvalue weighted by molar-refractivity contribution is 0.0936. The number of rotatable bonds is 5. The van der Waals surface area contributed by atoms with E-state index in [4.69, 9.17) is 9.68 Å². The van der Waals surface area contributed by atoms with Gasteiger partial charge in [-0.2, -0.15) is 5.26 Å². The van der Waals surface area contributed by atoms with Crippen LogP contribution in [0.25, 0.3) is 0 Å². The van der Waals surface area contributed by atoms with E-state index in [1.165, 1.54) is 6.26 Å². The molecule has 2 N–H and O–H groups in total. The van der Waals surface area contributed by atoms with Crippen molar-refractivity contribution in [2.45, 2.75) is 12.5 Å². The molecule has 102 valence electrons. The molecule has 0 radical (unpaired) electrons. The summed E-state index contributed by atoms with van der Waals surface area (Å²) in [7, 11) is 0. The molecule has 0 aliphatic carbocycles. The summed E-state index contributed by atoms with van der Waals surface area (Å²) in [5.74, 6) is 0.249. The fraction of sp³-hybridized carbons (Fsp3) is 0.200. The highest BCUT2D eigenvalue weighted by atomic mass is 16.4. The SMILES string of the molecule is N#Cc1ccc(C(=O)NCCC(O)c2ccco2)cc1. The maximum Gasteiger partial charge on any atom is 0.251 e. The molecule has 1 amide bonds. The van der Waals surface area contributed by atoms with E-state index in [9.17, 15) is 9.90 Å². The van der Waals surface area contributed by atoms with Gasteiger partial charge < -0.3 is 14.8 Å². The molecule has 20 heavy (non-hydrogen) atoms. The van der Waals surface area contributed by atoms with Gasteiger partial charge in [-0.3, -0.25) is 4.79 Å². The zero-order valence-corrected chi connectivity index (χ0v) is 10.7. The number of aliphatic hydroxyl groups is 1. The highest BCUT2D eigenvalue weighted by Gasteiger charge is 2.11. The first-order chi connectivity index (χ1) is 9.70. The molecule has 0 aliphatic rings. The van der Waals surface area contributed by atoms with E-state index in [0.29, 0.717) is 29.9 Å². The molecule has 1 aromatic carbocycles. The van der Waals surface area contributed by atoms with Crippen molar-refractivity contribution >= 4 is 5.91 Å². The van der Waals surface area contributed by atoms with Gasteiger partial charge in [0.2, 0.25) is 0 Å². The van der Waals surface area contributed by atoms with E-state index >= 15 is 0 Å². The number of carbonyl (C=O) groups excluding carboxylic acids is 1. The highest BCUT2D eigenvalue weighted by Crippen LogP contribution is 2.15. The van der Waals surface area contributed by atoms with Crippen LogP contribution >= 0.6 is 0 Å². The van der Waals surface area contributed by atoms with Gasteiger partial charge in [-0.15, -0.1) is 0 Å². The Labute approximate surface area is 116 Å². The largest absolute Gasteiger partial charge is 0.467 e. The van der Waals surface area contributed by atoms with Crippen molar-refractivity contribution in [1.29, 1.82) is 5.26 Å². The summed E-state index contributed by atoms with van der Waals surface area (Å²) in [6.07, 6.45) is 1.13. The van der Waals surface area contributed by atoms with Gasteiger partial charge >= 0.3 is 0 Å². The van der Waals surface area contributed by atoms with Crippen molar-refractivity contribution in [3.8, 4) is 6.07 Å². The first kappa shape index (κ1) is 13.8. The summed E-state index contributed by atoms with van der Waals surface area (Å²) >= 11 is 0. The Morgan fingerprint density at radius 2 is 2.10 bits per heavy atom. The molecule has 1 atom stereocenters. The first-order valence-electron chi connectivity index (χ1n) is 6.20. The number of hydrogen-bond acceptors (Lipinski definition) is 4. The number of nitrogens with zero attached hydrogens (tertiary/aromatic N) is 1. The normalized spacial score (nSPS) is 11.6. The summed E-state index contributed by atoms with van der Waals surface area (Å²) in [6, 6.07) is 11.7. The summed E-state index contributed by atoms with van der Waals surface area (Å²) in [5, 5.41) is 21.2. The minimum Gasteiger partial charge on any atom is -0.467 e. The van der Waals surface area contributed by atoms with Crippen LogP contribution in [-0.4, -0.2) is 17.6 Å². The number of nitriles is 1. The van der Waals surface area contributed by atoms with Crippen LogP contribution in [0, 0.1) is 11.3 Å². The summed E-state index contributed by atoms with van der Waals surface area (Å²) in [5.41, 5.74) is 0.992. The Hall–Kier alpha value is -2.58. The van der Waals surface area contributed by atoms with Crippen molar-refractivity contribution in [2.24, 2.45) is 0 Å². The zero-order valence-electron chi connectivity index (χ0n) is 10.7. The molecule has 1 heterocycles. The molecule has 0 saturated carbocycles. The third-order valence-electron chi connectivity index (χ3n) is 2.85. The fourth-order valence-electron chi connectivity index (χ4n) is 1.74. The van der Waals surface area contributed by atoms with E-state index in [0.717, 1.165) is 0 Å². The second-order valence-corrected chi connectivity index (χ2v) is 4.26. The van der Waals surface area contributed by atoms with Crippen LogP contribution < -0.4 is 5.32 Å². The molecule has 0 saturated heterocycles. The topological polar surface area (TPSA) is 86.3 Å². The standard InChI is InChI=1S/C15H14N2O3/c16-10-11-3-5-12(6-4-11)15(19)17-8-7-13(18)14-2-1-9-20-14/h1-6,9,13,18H,7-8H2,(H,17,19). The Morgan fingerprint density at radius 3 is 2.70 bits per heavy atom. The van der Waals surface area contributed by atoms with Crippen molar-refractivity contribution in [3.05, 3.63) is 59.5 Å². The van der Waals surface area contributed by atoms with Crippen molar-refractivity contribution < 1.29 is 14.3 Å². The lowest BCUT2D eigenvalue weighted by Gasteiger charge is -2.09. The lowest BCUT2D eigenvalue weighted by Crippen LogP contribution is -2.25. The Balaban J connectivity index is 1.81. The molecule has 5 heteroatoms. The third kappa shape index (κ3) is 3.46. The van der Waals surface area contributed by atoms with Crippen molar-refractivity contribution in [2.75, 3.05) is 6.54 Å². The quantitative estimate of drug-likeness (QED) is 0.870. The van der Waals surface area contributed by atoms with Gasteiger partial charge in [-0.05, 0) is 42.8 Å². The number of benzene rings is 1. The molecule has 1 aromatic heterocycles. The van der Waals surface area contributed by atoms with Gasteiger partial charge in [0.05, 0.1) is 17.9 Å². The minimum absolute atomic E-state index is 0.235. The average molecular weight is 270 g/mol. The van der Waals surface area contributed by atoms with Gasteiger partial charge in [0.1, 0.15) is 11.9 Å². The highest BCUT2D eigenvalue weighted by molar-refractivity contribution is 5.94. The van der Waals surface area contributed by atoms with Gasteiger partial charge in [0.25, 0.3) is 5.91 Å². The first-order valence-corrected chi connectivity index (χ1v) is 6.20. The van der Waals surface area contributed by atoms with Gasteiger partial charge in [-0.25, -0.2) is 0 Å². The third-order valence-corrected chi connectivity index (χ3v) is 2.85. The zero-order chi connectivity index (χ0) is 14.4. The smallest absolute Gasteiger partial charge is 0.251 e. The van der Waals surface area contributed by atoms with Gasteiger partial charge in [0, 0.05) is 12.1 Å². The molecule has 0 fully saturated rings. The maximum absolute atomic E-state index is 11.8. The monoisotopic (exact) mass is 270 g/mol. The van der Waals surface area contributed by atoms with E-state index < -0.39 is 6.10 Å². The van der Waals surface area contributed by atoms with Crippen LogP contribution in [0.1, 0.15) is 34.2 Å². The molecule has 2 aromatic rings. The van der Waals surface area contributed by atoms with Crippen LogP contribution in [0.5, 0.6) is 0 Å². The van der Waals surface area contributed by atoms with Crippen LogP contribution in [0.4, 0.5) is 0 Å². The van der Waals surface area contributed by atoms with E-state index in [1.54, 1.807) is 36.4 Å². The van der Waals surface area contributed by atoms with Crippen molar-refractivity contribution in [1.82, 2.24) is 5.32 Å². The van der Waals surface area contributed by atoms with E-state index in [2.05, 4.69) is 5.32 Å². The Kier molecular flexibility index (Phi) is 4.53. The predicted octanol–water partition coefficient (Wildman–Crippen LogP) is 2.00. The second kappa shape index (κ2) is 6.55. The number of hydrogen-bond donors (Lipinski definition) is 2. The predicted molar refractivity (Wildman–Crippen MR) is 71.8 cm³/mol. The molecular formula is C15H14N2O3. The van der Waals surface area contributed by atoms with Crippen LogP contribution in [0.15, 0.2) is 47.1 Å². The number of carbonyl (C=O) groups is 1. The minimum atomic E-state index is -0.730. The molecule has 0 bridgehead atoms. The molecule has 0 spiro atoms. The second-order valence-electron chi connectivity index (χ2n) is 4.26. The number of nitrogens with one attached hydrogen (secondary N) is 1. The van der Waals surface area contributed by atoms with Crippen molar-refractivity contribution in [3.63, 3.8) is 0 Å². The van der Waals surface area contributed by atoms with Crippen LogP contribution in [-0.2, 0) is 0 Å².